The van der Waals surface area contributed by atoms with Gasteiger partial charge in [0.25, 0.3) is 0 Å². The number of hydrogen-bond acceptors (Lipinski definition) is 2. The third kappa shape index (κ3) is 3.62. The minimum absolute atomic E-state index is 0.0997. The maximum absolute atomic E-state index is 6.31. The lowest BCUT2D eigenvalue weighted by Gasteiger charge is -2.44. The number of rotatable bonds is 7. The predicted molar refractivity (Wildman–Crippen MR) is 69.0 cm³/mol. The number of nitrogens with zero attached hydrogens (tertiary/aromatic N) is 1. The monoisotopic (exact) mass is 212 g/mol. The van der Waals surface area contributed by atoms with Crippen LogP contribution in [-0.4, -0.2) is 29.6 Å². The number of likely N-dealkylation sites (N-methyl/N-ethyl adjacent to an activating group) is 1. The lowest BCUT2D eigenvalue weighted by molar-refractivity contribution is 0.0845. The van der Waals surface area contributed by atoms with Gasteiger partial charge in [0.2, 0.25) is 0 Å². The Morgan fingerprint density at radius 3 is 2.07 bits per heavy atom. The first-order valence-corrected chi connectivity index (χ1v) is 6.07. The zero-order valence-electron chi connectivity index (χ0n) is 11.1. The van der Waals surface area contributed by atoms with Crippen molar-refractivity contribution in [2.24, 2.45) is 5.73 Å². The topological polar surface area (TPSA) is 29.3 Å². The predicted octanol–water partition coefficient (Wildman–Crippen LogP) is 2.79. The van der Waals surface area contributed by atoms with Gasteiger partial charge in [-0.25, -0.2) is 0 Å². The van der Waals surface area contributed by atoms with Gasteiger partial charge in [0.1, 0.15) is 0 Å². The van der Waals surface area contributed by atoms with E-state index in [0.29, 0.717) is 0 Å². The van der Waals surface area contributed by atoms with E-state index in [2.05, 4.69) is 46.1 Å². The molecule has 0 aliphatic heterocycles. The van der Waals surface area contributed by atoms with Gasteiger partial charge >= 0.3 is 0 Å². The number of nitrogens with two attached hydrogens (primary N) is 1. The standard InChI is InChI=1S/C13H28N2/c1-7-13(6,15(8-2)9-3)12(14)10-11(4)5/h12H,4,7-10,14H2,1-3,5-6H3. The Morgan fingerprint density at radius 1 is 1.33 bits per heavy atom. The summed E-state index contributed by atoms with van der Waals surface area (Å²) in [5.41, 5.74) is 7.59. The molecular weight excluding hydrogens is 184 g/mol. The molecule has 0 saturated heterocycles. The Labute approximate surface area is 95.5 Å². The summed E-state index contributed by atoms with van der Waals surface area (Å²) in [5.74, 6) is 0. The Balaban J connectivity index is 4.72. The molecule has 2 heteroatoms. The smallest absolute Gasteiger partial charge is 0.0332 e. The van der Waals surface area contributed by atoms with E-state index in [1.807, 2.05) is 0 Å². The van der Waals surface area contributed by atoms with Gasteiger partial charge in [-0.15, -0.1) is 6.58 Å². The maximum atomic E-state index is 6.31. The highest BCUT2D eigenvalue weighted by Gasteiger charge is 2.34. The molecule has 90 valence electrons. The van der Waals surface area contributed by atoms with Gasteiger partial charge < -0.3 is 5.73 Å². The van der Waals surface area contributed by atoms with Crippen LogP contribution < -0.4 is 5.73 Å². The second-order valence-corrected chi connectivity index (χ2v) is 4.65. The van der Waals surface area contributed by atoms with Crippen molar-refractivity contribution in [3.05, 3.63) is 12.2 Å². The van der Waals surface area contributed by atoms with Gasteiger partial charge in [0.15, 0.2) is 0 Å². The van der Waals surface area contributed by atoms with Crippen LogP contribution in [0.5, 0.6) is 0 Å². The molecule has 0 aromatic rings. The quantitative estimate of drug-likeness (QED) is 0.658. The molecule has 0 bridgehead atoms. The van der Waals surface area contributed by atoms with E-state index in [4.69, 9.17) is 5.73 Å². The van der Waals surface area contributed by atoms with Gasteiger partial charge in [0, 0.05) is 11.6 Å². The summed E-state index contributed by atoms with van der Waals surface area (Å²) < 4.78 is 0. The fourth-order valence-corrected chi connectivity index (χ4v) is 2.26. The molecule has 0 heterocycles. The van der Waals surface area contributed by atoms with Crippen LogP contribution in [0.15, 0.2) is 12.2 Å². The van der Waals surface area contributed by atoms with Crippen molar-refractivity contribution in [2.75, 3.05) is 13.1 Å². The van der Waals surface area contributed by atoms with E-state index < -0.39 is 0 Å². The minimum Gasteiger partial charge on any atom is -0.326 e. The molecule has 0 radical (unpaired) electrons. The third-order valence-corrected chi connectivity index (χ3v) is 3.57. The van der Waals surface area contributed by atoms with Gasteiger partial charge in [0.05, 0.1) is 0 Å². The van der Waals surface area contributed by atoms with E-state index >= 15 is 0 Å². The fraction of sp³-hybridized carbons (Fsp3) is 0.846. The summed E-state index contributed by atoms with van der Waals surface area (Å²) in [6.07, 6.45) is 2.00. The fourth-order valence-electron chi connectivity index (χ4n) is 2.26. The molecule has 0 aliphatic carbocycles. The highest BCUT2D eigenvalue weighted by atomic mass is 15.2. The molecule has 0 aromatic heterocycles. The van der Waals surface area contributed by atoms with Crippen molar-refractivity contribution in [1.29, 1.82) is 0 Å². The third-order valence-electron chi connectivity index (χ3n) is 3.57. The van der Waals surface area contributed by atoms with E-state index in [0.717, 1.165) is 25.9 Å². The largest absolute Gasteiger partial charge is 0.326 e. The first-order chi connectivity index (χ1) is 6.92. The van der Waals surface area contributed by atoms with Crippen LogP contribution in [-0.2, 0) is 0 Å². The van der Waals surface area contributed by atoms with Crippen LogP contribution in [0.4, 0.5) is 0 Å². The van der Waals surface area contributed by atoms with E-state index in [9.17, 15) is 0 Å². The van der Waals surface area contributed by atoms with Gasteiger partial charge in [-0.05, 0) is 39.8 Å². The highest BCUT2D eigenvalue weighted by Crippen LogP contribution is 2.25. The first kappa shape index (κ1) is 14.7. The molecule has 2 atom stereocenters. The Morgan fingerprint density at radius 2 is 1.80 bits per heavy atom. The molecular formula is C13H28N2. The number of hydrogen-bond donors (Lipinski definition) is 1. The van der Waals surface area contributed by atoms with E-state index in [1.54, 1.807) is 0 Å². The van der Waals surface area contributed by atoms with Crippen LogP contribution in [0.3, 0.4) is 0 Å². The zero-order valence-corrected chi connectivity index (χ0v) is 11.1. The molecule has 0 saturated carbocycles. The lowest BCUT2D eigenvalue weighted by Crippen LogP contribution is -2.57. The zero-order chi connectivity index (χ0) is 12.1. The summed E-state index contributed by atoms with van der Waals surface area (Å²) in [4.78, 5) is 2.46. The molecule has 2 N–H and O–H groups in total. The molecule has 0 aromatic carbocycles. The van der Waals surface area contributed by atoms with Crippen LogP contribution in [0.2, 0.25) is 0 Å². The molecule has 0 fully saturated rings. The molecule has 2 unspecified atom stereocenters. The van der Waals surface area contributed by atoms with Crippen molar-refractivity contribution in [2.45, 2.75) is 59.0 Å². The summed E-state index contributed by atoms with van der Waals surface area (Å²) in [6.45, 7) is 17.0. The Bertz CT molecular complexity index is 197. The van der Waals surface area contributed by atoms with Gasteiger partial charge in [-0.3, -0.25) is 4.90 Å². The van der Waals surface area contributed by atoms with E-state index in [-0.39, 0.29) is 11.6 Å². The van der Waals surface area contributed by atoms with Crippen molar-refractivity contribution in [1.82, 2.24) is 4.90 Å². The molecule has 0 aliphatic rings. The summed E-state index contributed by atoms with van der Waals surface area (Å²) in [5, 5.41) is 0. The van der Waals surface area contributed by atoms with Gasteiger partial charge in [-0.1, -0.05) is 26.3 Å². The highest BCUT2D eigenvalue weighted by molar-refractivity contribution is 5.02. The van der Waals surface area contributed by atoms with Crippen LogP contribution in [0, 0.1) is 0 Å². The average Bonchev–Trinajstić information content (AvgIpc) is 2.18. The Kier molecular flexibility index (Phi) is 6.15. The maximum Gasteiger partial charge on any atom is 0.0332 e. The molecule has 0 rings (SSSR count). The summed E-state index contributed by atoms with van der Waals surface area (Å²) in [7, 11) is 0. The van der Waals surface area contributed by atoms with Crippen LogP contribution >= 0.6 is 0 Å². The van der Waals surface area contributed by atoms with Crippen LogP contribution in [0.1, 0.15) is 47.5 Å². The molecule has 2 nitrogen and oxygen atoms in total. The second-order valence-electron chi connectivity index (χ2n) is 4.65. The summed E-state index contributed by atoms with van der Waals surface area (Å²) >= 11 is 0. The summed E-state index contributed by atoms with van der Waals surface area (Å²) in [6, 6.07) is 0.180. The van der Waals surface area contributed by atoms with Crippen molar-refractivity contribution < 1.29 is 0 Å². The normalized spacial score (nSPS) is 17.5. The van der Waals surface area contributed by atoms with Crippen LogP contribution in [0.25, 0.3) is 0 Å². The first-order valence-electron chi connectivity index (χ1n) is 6.07. The molecule has 0 amide bonds. The van der Waals surface area contributed by atoms with E-state index in [1.165, 1.54) is 5.57 Å². The Hall–Kier alpha value is -0.340. The van der Waals surface area contributed by atoms with Gasteiger partial charge in [-0.2, -0.15) is 0 Å². The minimum atomic E-state index is 0.0997. The SMILES string of the molecule is C=C(C)CC(N)C(C)(CC)N(CC)CC. The second kappa shape index (κ2) is 6.29. The van der Waals surface area contributed by atoms with Crippen molar-refractivity contribution in [3.63, 3.8) is 0 Å². The lowest BCUT2D eigenvalue weighted by atomic mass is 9.84. The van der Waals surface area contributed by atoms with Crippen molar-refractivity contribution in [3.8, 4) is 0 Å². The van der Waals surface area contributed by atoms with Crippen molar-refractivity contribution >= 4 is 0 Å². The molecule has 15 heavy (non-hydrogen) atoms. The molecule has 0 spiro atoms. The average molecular weight is 212 g/mol.